The molecule has 0 spiro atoms. The third-order valence-electron chi connectivity index (χ3n) is 4.16. The Morgan fingerprint density at radius 2 is 2.14 bits per heavy atom. The van der Waals surface area contributed by atoms with Gasteiger partial charge in [0.25, 0.3) is 0 Å². The van der Waals surface area contributed by atoms with E-state index in [0.717, 1.165) is 25.9 Å². The first-order valence-corrected chi connectivity index (χ1v) is 7.93. The lowest BCUT2D eigenvalue weighted by molar-refractivity contribution is -0.130. The molecule has 0 aliphatic carbocycles. The molecule has 1 heterocycles. The lowest BCUT2D eigenvalue weighted by atomic mass is 10.1. The fourth-order valence-electron chi connectivity index (χ4n) is 2.80. The maximum Gasteiger partial charge on any atom is 0.222 e. The predicted octanol–water partition coefficient (Wildman–Crippen LogP) is 1.93. The first kappa shape index (κ1) is 16.0. The monoisotopic (exact) mass is 290 g/mol. The SMILES string of the molecule is CC[C@@H](O)CN1C(=O)CC[C@@H]1CCNCc1ccccc1. The third kappa shape index (κ3) is 4.83. The number of nitrogens with zero attached hydrogens (tertiary/aromatic N) is 1. The van der Waals surface area contributed by atoms with E-state index >= 15 is 0 Å². The summed E-state index contributed by atoms with van der Waals surface area (Å²) in [6, 6.07) is 10.6. The van der Waals surface area contributed by atoms with Crippen molar-refractivity contribution < 1.29 is 9.90 Å². The Morgan fingerprint density at radius 1 is 1.38 bits per heavy atom. The summed E-state index contributed by atoms with van der Waals surface area (Å²) in [5.41, 5.74) is 1.28. The molecule has 1 aromatic rings. The first-order chi connectivity index (χ1) is 10.2. The predicted molar refractivity (Wildman–Crippen MR) is 83.8 cm³/mol. The van der Waals surface area contributed by atoms with Gasteiger partial charge < -0.3 is 15.3 Å². The molecule has 0 saturated carbocycles. The molecule has 0 radical (unpaired) electrons. The molecule has 116 valence electrons. The highest BCUT2D eigenvalue weighted by Crippen LogP contribution is 2.21. The highest BCUT2D eigenvalue weighted by atomic mass is 16.3. The van der Waals surface area contributed by atoms with Crippen LogP contribution >= 0.6 is 0 Å². The van der Waals surface area contributed by atoms with Gasteiger partial charge in [-0.05, 0) is 31.4 Å². The molecule has 1 aromatic carbocycles. The molecule has 0 bridgehead atoms. The number of benzene rings is 1. The molecule has 1 amide bonds. The molecule has 1 aliphatic rings. The number of likely N-dealkylation sites (tertiary alicyclic amines) is 1. The van der Waals surface area contributed by atoms with Gasteiger partial charge >= 0.3 is 0 Å². The minimum atomic E-state index is -0.396. The van der Waals surface area contributed by atoms with Gasteiger partial charge in [0, 0.05) is 25.6 Å². The summed E-state index contributed by atoms with van der Waals surface area (Å²) in [6.07, 6.45) is 2.80. The Morgan fingerprint density at radius 3 is 2.86 bits per heavy atom. The van der Waals surface area contributed by atoms with Gasteiger partial charge in [0.05, 0.1) is 6.10 Å². The Hall–Kier alpha value is -1.39. The van der Waals surface area contributed by atoms with Crippen molar-refractivity contribution in [2.24, 2.45) is 0 Å². The van der Waals surface area contributed by atoms with Gasteiger partial charge in [-0.2, -0.15) is 0 Å². The largest absolute Gasteiger partial charge is 0.391 e. The highest BCUT2D eigenvalue weighted by molar-refractivity contribution is 5.78. The Kier molecular flexibility index (Phi) is 6.21. The van der Waals surface area contributed by atoms with E-state index in [1.54, 1.807) is 0 Å². The molecule has 4 nitrogen and oxygen atoms in total. The van der Waals surface area contributed by atoms with Gasteiger partial charge in [-0.1, -0.05) is 37.3 Å². The molecule has 1 saturated heterocycles. The average Bonchev–Trinajstić information content (AvgIpc) is 2.85. The van der Waals surface area contributed by atoms with Crippen LogP contribution in [0.15, 0.2) is 30.3 Å². The molecule has 2 atom stereocenters. The molecule has 0 unspecified atom stereocenters. The van der Waals surface area contributed by atoms with Gasteiger partial charge in [0.2, 0.25) is 5.91 Å². The fraction of sp³-hybridized carbons (Fsp3) is 0.588. The van der Waals surface area contributed by atoms with Crippen molar-refractivity contribution in [1.82, 2.24) is 10.2 Å². The number of amides is 1. The molecule has 0 aromatic heterocycles. The van der Waals surface area contributed by atoms with Gasteiger partial charge in [-0.25, -0.2) is 0 Å². The number of aliphatic hydroxyl groups excluding tert-OH is 1. The molecule has 21 heavy (non-hydrogen) atoms. The van der Waals surface area contributed by atoms with Crippen molar-refractivity contribution in [3.8, 4) is 0 Å². The zero-order valence-corrected chi connectivity index (χ0v) is 12.8. The van der Waals surface area contributed by atoms with Crippen LogP contribution in [-0.4, -0.2) is 41.1 Å². The van der Waals surface area contributed by atoms with E-state index in [9.17, 15) is 9.90 Å². The lowest BCUT2D eigenvalue weighted by Gasteiger charge is -2.27. The Balaban J connectivity index is 1.72. The smallest absolute Gasteiger partial charge is 0.222 e. The number of hydrogen-bond acceptors (Lipinski definition) is 3. The molecule has 4 heteroatoms. The summed E-state index contributed by atoms with van der Waals surface area (Å²) >= 11 is 0. The first-order valence-electron chi connectivity index (χ1n) is 7.93. The molecular weight excluding hydrogens is 264 g/mol. The van der Waals surface area contributed by atoms with Gasteiger partial charge in [-0.3, -0.25) is 4.79 Å². The van der Waals surface area contributed by atoms with E-state index in [2.05, 4.69) is 17.4 Å². The average molecular weight is 290 g/mol. The second kappa shape index (κ2) is 8.15. The number of carbonyl (C=O) groups is 1. The van der Waals surface area contributed by atoms with E-state index in [1.807, 2.05) is 30.0 Å². The maximum atomic E-state index is 11.9. The van der Waals surface area contributed by atoms with Crippen LogP contribution in [0.25, 0.3) is 0 Å². The normalized spacial score (nSPS) is 20.0. The van der Waals surface area contributed by atoms with Crippen molar-refractivity contribution in [3.05, 3.63) is 35.9 Å². The van der Waals surface area contributed by atoms with E-state index in [1.165, 1.54) is 5.56 Å². The second-order valence-corrected chi connectivity index (χ2v) is 5.75. The number of aliphatic hydroxyl groups is 1. The van der Waals surface area contributed by atoms with Crippen molar-refractivity contribution in [1.29, 1.82) is 0 Å². The number of carbonyl (C=O) groups excluding carboxylic acids is 1. The second-order valence-electron chi connectivity index (χ2n) is 5.75. The van der Waals surface area contributed by atoms with Crippen LogP contribution in [-0.2, 0) is 11.3 Å². The highest BCUT2D eigenvalue weighted by Gasteiger charge is 2.31. The molecule has 2 N–H and O–H groups in total. The fourth-order valence-corrected chi connectivity index (χ4v) is 2.80. The van der Waals surface area contributed by atoms with Crippen molar-refractivity contribution in [2.75, 3.05) is 13.1 Å². The Labute approximate surface area is 127 Å². The minimum Gasteiger partial charge on any atom is -0.391 e. The summed E-state index contributed by atoms with van der Waals surface area (Å²) in [6.45, 7) is 4.19. The zero-order valence-electron chi connectivity index (χ0n) is 12.8. The van der Waals surface area contributed by atoms with Crippen molar-refractivity contribution in [3.63, 3.8) is 0 Å². The number of nitrogens with one attached hydrogen (secondary N) is 1. The molecule has 2 rings (SSSR count). The summed E-state index contributed by atoms with van der Waals surface area (Å²) in [4.78, 5) is 13.8. The molecule has 1 fully saturated rings. The summed E-state index contributed by atoms with van der Waals surface area (Å²) in [7, 11) is 0. The van der Waals surface area contributed by atoms with Crippen LogP contribution in [0.4, 0.5) is 0 Å². The van der Waals surface area contributed by atoms with Crippen LogP contribution in [0, 0.1) is 0 Å². The lowest BCUT2D eigenvalue weighted by Crippen LogP contribution is -2.40. The number of rotatable bonds is 8. The number of hydrogen-bond donors (Lipinski definition) is 2. The van der Waals surface area contributed by atoms with E-state index in [-0.39, 0.29) is 11.9 Å². The van der Waals surface area contributed by atoms with Crippen LogP contribution in [0.1, 0.15) is 38.2 Å². The number of β-amino-alcohol motifs (C(OH)–C–C–N with tert-alkyl or cyclic N) is 1. The maximum absolute atomic E-state index is 11.9. The van der Waals surface area contributed by atoms with Crippen LogP contribution in [0.3, 0.4) is 0 Å². The van der Waals surface area contributed by atoms with Crippen molar-refractivity contribution >= 4 is 5.91 Å². The standard InChI is InChI=1S/C17H26N2O2/c1-2-16(20)13-19-15(8-9-17(19)21)10-11-18-12-14-6-4-3-5-7-14/h3-7,15-16,18,20H,2,8-13H2,1H3/t15-,16-/m1/s1. The van der Waals surface area contributed by atoms with Crippen LogP contribution in [0.2, 0.25) is 0 Å². The summed E-state index contributed by atoms with van der Waals surface area (Å²) < 4.78 is 0. The molecular formula is C17H26N2O2. The van der Waals surface area contributed by atoms with E-state index in [4.69, 9.17) is 0 Å². The summed E-state index contributed by atoms with van der Waals surface area (Å²) in [5, 5.41) is 13.2. The topological polar surface area (TPSA) is 52.6 Å². The third-order valence-corrected chi connectivity index (χ3v) is 4.16. The van der Waals surface area contributed by atoms with Crippen LogP contribution < -0.4 is 5.32 Å². The van der Waals surface area contributed by atoms with Crippen molar-refractivity contribution in [2.45, 2.75) is 51.3 Å². The van der Waals surface area contributed by atoms with E-state index in [0.29, 0.717) is 19.4 Å². The minimum absolute atomic E-state index is 0.190. The van der Waals surface area contributed by atoms with Gasteiger partial charge in [-0.15, -0.1) is 0 Å². The quantitative estimate of drug-likeness (QED) is 0.719. The Bertz CT molecular complexity index is 436. The zero-order chi connectivity index (χ0) is 15.1. The summed E-state index contributed by atoms with van der Waals surface area (Å²) in [5.74, 6) is 0.190. The van der Waals surface area contributed by atoms with E-state index < -0.39 is 6.10 Å². The van der Waals surface area contributed by atoms with Crippen LogP contribution in [0.5, 0.6) is 0 Å². The molecule has 1 aliphatic heterocycles. The van der Waals surface area contributed by atoms with Gasteiger partial charge in [0.15, 0.2) is 0 Å². The van der Waals surface area contributed by atoms with Gasteiger partial charge in [0.1, 0.15) is 0 Å².